The normalized spacial score (nSPS) is 26.9. The van der Waals surface area contributed by atoms with E-state index in [0.29, 0.717) is 12.3 Å². The molecule has 1 saturated carbocycles. The van der Waals surface area contributed by atoms with Crippen LogP contribution in [0.15, 0.2) is 36.4 Å². The highest BCUT2D eigenvalue weighted by atomic mass is 16.5. The first kappa shape index (κ1) is 16.1. The van der Waals surface area contributed by atoms with Crippen molar-refractivity contribution >= 4 is 11.6 Å². The summed E-state index contributed by atoms with van der Waals surface area (Å²) in [6.45, 7) is 0. The van der Waals surface area contributed by atoms with Crippen LogP contribution in [-0.2, 0) is 4.79 Å². The molecular formula is C19H25NO3. The van der Waals surface area contributed by atoms with Crippen molar-refractivity contribution in [2.75, 3.05) is 5.32 Å². The maximum atomic E-state index is 12.0. The van der Waals surface area contributed by atoms with Crippen LogP contribution in [-0.4, -0.2) is 23.2 Å². The molecule has 1 aromatic carbocycles. The van der Waals surface area contributed by atoms with E-state index in [1.807, 2.05) is 24.3 Å². The Morgan fingerprint density at radius 1 is 1.17 bits per heavy atom. The molecule has 4 heteroatoms. The van der Waals surface area contributed by atoms with Gasteiger partial charge in [-0.1, -0.05) is 18.6 Å². The van der Waals surface area contributed by atoms with Crippen LogP contribution in [0.1, 0.15) is 44.9 Å². The van der Waals surface area contributed by atoms with E-state index in [1.54, 1.807) is 0 Å². The molecule has 3 unspecified atom stereocenters. The number of allylic oxidation sites excluding steroid dienone is 2. The number of aliphatic hydroxyl groups excluding tert-OH is 1. The van der Waals surface area contributed by atoms with Gasteiger partial charge in [0.1, 0.15) is 11.9 Å². The SMILES string of the molecule is O=C(CC1C=CCC1)Nc1ccc(OC2CCCCC2O)cc1. The van der Waals surface area contributed by atoms with Gasteiger partial charge in [0, 0.05) is 12.1 Å². The maximum absolute atomic E-state index is 12.0. The zero-order chi connectivity index (χ0) is 16.1. The van der Waals surface area contributed by atoms with Gasteiger partial charge in [-0.15, -0.1) is 0 Å². The molecule has 0 bridgehead atoms. The number of rotatable bonds is 5. The summed E-state index contributed by atoms with van der Waals surface area (Å²) in [7, 11) is 0. The van der Waals surface area contributed by atoms with Crippen molar-refractivity contribution in [1.82, 2.24) is 0 Å². The smallest absolute Gasteiger partial charge is 0.224 e. The number of carbonyl (C=O) groups is 1. The number of aliphatic hydroxyl groups is 1. The first-order chi connectivity index (χ1) is 11.2. The first-order valence-electron chi connectivity index (χ1n) is 8.62. The Labute approximate surface area is 137 Å². The molecule has 0 aromatic heterocycles. The fourth-order valence-corrected chi connectivity index (χ4v) is 3.32. The van der Waals surface area contributed by atoms with Crippen molar-refractivity contribution in [3.63, 3.8) is 0 Å². The van der Waals surface area contributed by atoms with Crippen molar-refractivity contribution < 1.29 is 14.6 Å². The second-order valence-electron chi connectivity index (χ2n) is 6.55. The topological polar surface area (TPSA) is 58.6 Å². The van der Waals surface area contributed by atoms with Crippen molar-refractivity contribution in [1.29, 1.82) is 0 Å². The number of hydrogen-bond donors (Lipinski definition) is 2. The average Bonchev–Trinajstić information content (AvgIpc) is 3.04. The van der Waals surface area contributed by atoms with Crippen molar-refractivity contribution in [2.45, 2.75) is 57.2 Å². The number of benzene rings is 1. The number of ether oxygens (including phenoxy) is 1. The lowest BCUT2D eigenvalue weighted by Crippen LogP contribution is -2.34. The van der Waals surface area contributed by atoms with Gasteiger partial charge in [-0.25, -0.2) is 0 Å². The molecule has 0 radical (unpaired) electrons. The lowest BCUT2D eigenvalue weighted by Gasteiger charge is -2.28. The minimum Gasteiger partial charge on any atom is -0.488 e. The molecule has 2 aliphatic rings. The van der Waals surface area contributed by atoms with Crippen molar-refractivity contribution in [3.05, 3.63) is 36.4 Å². The molecule has 2 N–H and O–H groups in total. The quantitative estimate of drug-likeness (QED) is 0.815. The fraction of sp³-hybridized carbons (Fsp3) is 0.526. The van der Waals surface area contributed by atoms with Crippen molar-refractivity contribution in [3.8, 4) is 5.75 Å². The Bertz CT molecular complexity index is 552. The standard InChI is InChI=1S/C19H25NO3/c21-17-7-3-4-8-18(17)23-16-11-9-15(10-12-16)20-19(22)13-14-5-1-2-6-14/h1,5,9-12,14,17-18,21H,2-4,6-8,13H2,(H,20,22). The summed E-state index contributed by atoms with van der Waals surface area (Å²) in [6, 6.07) is 7.42. The molecule has 23 heavy (non-hydrogen) atoms. The molecule has 0 aliphatic heterocycles. The van der Waals surface area contributed by atoms with E-state index in [2.05, 4.69) is 17.5 Å². The highest BCUT2D eigenvalue weighted by Gasteiger charge is 2.24. The summed E-state index contributed by atoms with van der Waals surface area (Å²) < 4.78 is 5.86. The highest BCUT2D eigenvalue weighted by Crippen LogP contribution is 2.25. The minimum absolute atomic E-state index is 0.0536. The van der Waals surface area contributed by atoms with Crippen LogP contribution >= 0.6 is 0 Å². The van der Waals surface area contributed by atoms with Crippen LogP contribution in [0.3, 0.4) is 0 Å². The molecule has 4 nitrogen and oxygen atoms in total. The van der Waals surface area contributed by atoms with Gasteiger partial charge in [0.2, 0.25) is 5.91 Å². The van der Waals surface area contributed by atoms with Gasteiger partial charge in [-0.3, -0.25) is 4.79 Å². The minimum atomic E-state index is -0.373. The Morgan fingerprint density at radius 2 is 1.96 bits per heavy atom. The van der Waals surface area contributed by atoms with Crippen LogP contribution < -0.4 is 10.1 Å². The van der Waals surface area contributed by atoms with Crippen LogP contribution in [0.25, 0.3) is 0 Å². The molecule has 3 atom stereocenters. The molecule has 1 amide bonds. The summed E-state index contributed by atoms with van der Waals surface area (Å²) >= 11 is 0. The molecule has 1 aromatic rings. The van der Waals surface area contributed by atoms with Crippen LogP contribution in [0.4, 0.5) is 5.69 Å². The number of hydrogen-bond acceptors (Lipinski definition) is 3. The van der Waals surface area contributed by atoms with Gasteiger partial charge in [0.25, 0.3) is 0 Å². The van der Waals surface area contributed by atoms with Gasteiger partial charge < -0.3 is 15.2 Å². The summed E-state index contributed by atoms with van der Waals surface area (Å²) in [5, 5.41) is 12.9. The third kappa shape index (κ3) is 4.58. The molecule has 0 saturated heterocycles. The van der Waals surface area contributed by atoms with E-state index in [1.165, 1.54) is 0 Å². The maximum Gasteiger partial charge on any atom is 0.224 e. The molecule has 0 heterocycles. The summed E-state index contributed by atoms with van der Waals surface area (Å²) in [5.41, 5.74) is 0.786. The third-order valence-corrected chi connectivity index (χ3v) is 4.65. The highest BCUT2D eigenvalue weighted by molar-refractivity contribution is 5.91. The number of nitrogens with one attached hydrogen (secondary N) is 1. The molecule has 1 fully saturated rings. The average molecular weight is 315 g/mol. The van der Waals surface area contributed by atoms with E-state index >= 15 is 0 Å². The van der Waals surface area contributed by atoms with E-state index in [4.69, 9.17) is 4.74 Å². The number of anilines is 1. The molecule has 3 rings (SSSR count). The van der Waals surface area contributed by atoms with Crippen LogP contribution in [0.5, 0.6) is 5.75 Å². The van der Waals surface area contributed by atoms with Gasteiger partial charge in [0.15, 0.2) is 0 Å². The zero-order valence-electron chi connectivity index (χ0n) is 13.4. The van der Waals surface area contributed by atoms with E-state index in [-0.39, 0.29) is 18.1 Å². The lowest BCUT2D eigenvalue weighted by atomic mass is 9.95. The number of amides is 1. The van der Waals surface area contributed by atoms with Gasteiger partial charge in [-0.05, 0) is 62.3 Å². The second-order valence-corrected chi connectivity index (χ2v) is 6.55. The predicted molar refractivity (Wildman–Crippen MR) is 90.4 cm³/mol. The largest absolute Gasteiger partial charge is 0.488 e. The zero-order valence-corrected chi connectivity index (χ0v) is 13.4. The van der Waals surface area contributed by atoms with E-state index in [9.17, 15) is 9.90 Å². The van der Waals surface area contributed by atoms with E-state index < -0.39 is 0 Å². The summed E-state index contributed by atoms with van der Waals surface area (Å²) in [4.78, 5) is 12.0. The van der Waals surface area contributed by atoms with Gasteiger partial charge in [-0.2, -0.15) is 0 Å². The summed E-state index contributed by atoms with van der Waals surface area (Å²) in [5.74, 6) is 1.18. The first-order valence-corrected chi connectivity index (χ1v) is 8.62. The predicted octanol–water partition coefficient (Wildman–Crippen LogP) is 3.66. The Balaban J connectivity index is 1.50. The Morgan fingerprint density at radius 3 is 2.65 bits per heavy atom. The Hall–Kier alpha value is -1.81. The molecule has 124 valence electrons. The fourth-order valence-electron chi connectivity index (χ4n) is 3.32. The molecular weight excluding hydrogens is 290 g/mol. The van der Waals surface area contributed by atoms with E-state index in [0.717, 1.165) is 50.0 Å². The third-order valence-electron chi connectivity index (χ3n) is 4.65. The van der Waals surface area contributed by atoms with Crippen LogP contribution in [0.2, 0.25) is 0 Å². The lowest BCUT2D eigenvalue weighted by molar-refractivity contribution is -0.116. The Kier molecular flexibility index (Phi) is 5.34. The monoisotopic (exact) mass is 315 g/mol. The summed E-state index contributed by atoms with van der Waals surface area (Å²) in [6.07, 6.45) is 10.4. The second kappa shape index (κ2) is 7.64. The van der Waals surface area contributed by atoms with Gasteiger partial charge in [0.05, 0.1) is 6.10 Å². The van der Waals surface area contributed by atoms with Crippen molar-refractivity contribution in [2.24, 2.45) is 5.92 Å². The van der Waals surface area contributed by atoms with Crippen LogP contribution in [0, 0.1) is 5.92 Å². The number of carbonyl (C=O) groups excluding carboxylic acids is 1. The molecule has 0 spiro atoms. The molecule has 2 aliphatic carbocycles. The van der Waals surface area contributed by atoms with Gasteiger partial charge >= 0.3 is 0 Å².